The SMILES string of the molecule is CCC(O)(CC)CNC(=O)c1ccc(=O)oc1. The molecule has 0 aliphatic carbocycles. The van der Waals surface area contributed by atoms with Crippen LogP contribution in [0.25, 0.3) is 0 Å². The van der Waals surface area contributed by atoms with Crippen molar-refractivity contribution in [1.29, 1.82) is 0 Å². The molecule has 0 aliphatic rings. The monoisotopic (exact) mass is 239 g/mol. The quantitative estimate of drug-likeness (QED) is 0.800. The summed E-state index contributed by atoms with van der Waals surface area (Å²) in [5, 5.41) is 12.6. The summed E-state index contributed by atoms with van der Waals surface area (Å²) < 4.78 is 4.59. The van der Waals surface area contributed by atoms with Gasteiger partial charge in [0.1, 0.15) is 6.26 Å². The van der Waals surface area contributed by atoms with E-state index >= 15 is 0 Å². The van der Waals surface area contributed by atoms with Crippen LogP contribution in [0.3, 0.4) is 0 Å². The van der Waals surface area contributed by atoms with Crippen molar-refractivity contribution in [1.82, 2.24) is 5.32 Å². The van der Waals surface area contributed by atoms with Crippen molar-refractivity contribution in [2.24, 2.45) is 0 Å². The number of carbonyl (C=O) groups is 1. The van der Waals surface area contributed by atoms with E-state index in [0.29, 0.717) is 12.8 Å². The van der Waals surface area contributed by atoms with Crippen molar-refractivity contribution < 1.29 is 14.3 Å². The van der Waals surface area contributed by atoms with Gasteiger partial charge in [0.15, 0.2) is 0 Å². The van der Waals surface area contributed by atoms with E-state index in [9.17, 15) is 14.7 Å². The summed E-state index contributed by atoms with van der Waals surface area (Å²) >= 11 is 0. The van der Waals surface area contributed by atoms with E-state index in [1.165, 1.54) is 12.1 Å². The standard InChI is InChI=1S/C12H17NO4/c1-3-12(16,4-2)8-13-11(15)9-5-6-10(14)17-7-9/h5-7,16H,3-4,8H2,1-2H3,(H,13,15). The smallest absolute Gasteiger partial charge is 0.335 e. The highest BCUT2D eigenvalue weighted by Gasteiger charge is 2.23. The number of aliphatic hydroxyl groups is 1. The van der Waals surface area contributed by atoms with Gasteiger partial charge in [0.05, 0.1) is 11.2 Å². The van der Waals surface area contributed by atoms with Crippen LogP contribution in [-0.4, -0.2) is 23.2 Å². The molecular weight excluding hydrogens is 222 g/mol. The number of amides is 1. The number of rotatable bonds is 5. The second-order valence-corrected chi connectivity index (χ2v) is 3.96. The molecule has 1 rings (SSSR count). The zero-order valence-corrected chi connectivity index (χ0v) is 10.0. The molecule has 0 bridgehead atoms. The van der Waals surface area contributed by atoms with Crippen LogP contribution >= 0.6 is 0 Å². The van der Waals surface area contributed by atoms with Crippen LogP contribution in [-0.2, 0) is 0 Å². The Kier molecular flexibility index (Phi) is 4.45. The molecule has 1 aromatic heterocycles. The maximum absolute atomic E-state index is 11.7. The molecule has 1 heterocycles. The molecule has 17 heavy (non-hydrogen) atoms. The Bertz CT molecular complexity index is 414. The number of carbonyl (C=O) groups excluding carboxylic acids is 1. The van der Waals surface area contributed by atoms with E-state index in [0.717, 1.165) is 6.26 Å². The first-order valence-electron chi connectivity index (χ1n) is 5.60. The van der Waals surface area contributed by atoms with E-state index < -0.39 is 11.2 Å². The van der Waals surface area contributed by atoms with Gasteiger partial charge in [-0.25, -0.2) is 4.79 Å². The molecule has 0 saturated carbocycles. The Morgan fingerprint density at radius 3 is 2.53 bits per heavy atom. The van der Waals surface area contributed by atoms with Gasteiger partial charge in [-0.1, -0.05) is 13.8 Å². The summed E-state index contributed by atoms with van der Waals surface area (Å²) in [6.45, 7) is 3.90. The van der Waals surface area contributed by atoms with Crippen LogP contribution < -0.4 is 10.9 Å². The van der Waals surface area contributed by atoms with Crippen molar-refractivity contribution in [3.8, 4) is 0 Å². The van der Waals surface area contributed by atoms with E-state index in [1.54, 1.807) is 0 Å². The average Bonchev–Trinajstić information content (AvgIpc) is 2.36. The summed E-state index contributed by atoms with van der Waals surface area (Å²) in [4.78, 5) is 22.4. The predicted molar refractivity (Wildman–Crippen MR) is 62.8 cm³/mol. The second-order valence-electron chi connectivity index (χ2n) is 3.96. The first-order valence-corrected chi connectivity index (χ1v) is 5.60. The molecule has 0 aliphatic heterocycles. The molecule has 5 nitrogen and oxygen atoms in total. The van der Waals surface area contributed by atoms with Crippen molar-refractivity contribution in [3.63, 3.8) is 0 Å². The highest BCUT2D eigenvalue weighted by atomic mass is 16.4. The Balaban J connectivity index is 2.61. The van der Waals surface area contributed by atoms with Crippen LogP contribution in [0.4, 0.5) is 0 Å². The van der Waals surface area contributed by atoms with Gasteiger partial charge in [0.25, 0.3) is 5.91 Å². The number of hydrogen-bond donors (Lipinski definition) is 2. The van der Waals surface area contributed by atoms with Gasteiger partial charge in [0.2, 0.25) is 0 Å². The fourth-order valence-corrected chi connectivity index (χ4v) is 1.33. The molecule has 0 unspecified atom stereocenters. The van der Waals surface area contributed by atoms with E-state index in [2.05, 4.69) is 9.73 Å². The Labute approximate surface area is 99.5 Å². The van der Waals surface area contributed by atoms with Gasteiger partial charge in [-0.3, -0.25) is 4.79 Å². The third-order valence-electron chi connectivity index (χ3n) is 2.86. The fourth-order valence-electron chi connectivity index (χ4n) is 1.33. The third kappa shape index (κ3) is 3.71. The minimum atomic E-state index is -0.884. The van der Waals surface area contributed by atoms with Crippen LogP contribution in [0.1, 0.15) is 37.0 Å². The summed E-state index contributed by atoms with van der Waals surface area (Å²) in [5.74, 6) is -0.367. The molecule has 0 spiro atoms. The lowest BCUT2D eigenvalue weighted by Gasteiger charge is -2.25. The minimum absolute atomic E-state index is 0.179. The van der Waals surface area contributed by atoms with E-state index in [1.807, 2.05) is 13.8 Å². The largest absolute Gasteiger partial charge is 0.430 e. The molecule has 0 atom stereocenters. The van der Waals surface area contributed by atoms with Crippen LogP contribution in [0.15, 0.2) is 27.6 Å². The predicted octanol–water partition coefficient (Wildman–Crippen LogP) is 0.921. The van der Waals surface area contributed by atoms with Crippen molar-refractivity contribution in [2.75, 3.05) is 6.54 Å². The van der Waals surface area contributed by atoms with Gasteiger partial charge in [-0.15, -0.1) is 0 Å². The van der Waals surface area contributed by atoms with Crippen molar-refractivity contribution in [3.05, 3.63) is 34.4 Å². The molecule has 1 aromatic rings. The third-order valence-corrected chi connectivity index (χ3v) is 2.86. The molecule has 0 fully saturated rings. The molecule has 2 N–H and O–H groups in total. The van der Waals surface area contributed by atoms with Gasteiger partial charge in [-0.05, 0) is 18.9 Å². The minimum Gasteiger partial charge on any atom is -0.430 e. The molecule has 1 amide bonds. The average molecular weight is 239 g/mol. The van der Waals surface area contributed by atoms with E-state index in [-0.39, 0.29) is 18.0 Å². The lowest BCUT2D eigenvalue weighted by atomic mass is 9.97. The van der Waals surface area contributed by atoms with E-state index in [4.69, 9.17) is 0 Å². The van der Waals surface area contributed by atoms with Crippen LogP contribution in [0.2, 0.25) is 0 Å². The normalized spacial score (nSPS) is 11.2. The van der Waals surface area contributed by atoms with Gasteiger partial charge >= 0.3 is 5.63 Å². The second kappa shape index (κ2) is 5.63. The molecule has 0 saturated heterocycles. The zero-order valence-electron chi connectivity index (χ0n) is 10.0. The van der Waals surface area contributed by atoms with Crippen molar-refractivity contribution in [2.45, 2.75) is 32.3 Å². The first-order chi connectivity index (χ1) is 8.00. The van der Waals surface area contributed by atoms with Crippen molar-refractivity contribution >= 4 is 5.91 Å². The summed E-state index contributed by atoms with van der Waals surface area (Å²) in [7, 11) is 0. The highest BCUT2D eigenvalue weighted by Crippen LogP contribution is 2.13. The summed E-state index contributed by atoms with van der Waals surface area (Å²) in [5.41, 5.74) is -1.12. The lowest BCUT2D eigenvalue weighted by Crippen LogP contribution is -2.42. The molecule has 0 aromatic carbocycles. The topological polar surface area (TPSA) is 79.5 Å². The Hall–Kier alpha value is -1.62. The summed E-state index contributed by atoms with van der Waals surface area (Å²) in [6, 6.07) is 2.57. The Morgan fingerprint density at radius 1 is 1.41 bits per heavy atom. The van der Waals surface area contributed by atoms with Gasteiger partial charge < -0.3 is 14.8 Å². The first kappa shape index (κ1) is 13.4. The highest BCUT2D eigenvalue weighted by molar-refractivity contribution is 5.93. The maximum atomic E-state index is 11.7. The lowest BCUT2D eigenvalue weighted by molar-refractivity contribution is 0.0313. The number of nitrogens with one attached hydrogen (secondary N) is 1. The maximum Gasteiger partial charge on any atom is 0.335 e. The zero-order chi connectivity index (χ0) is 12.9. The fraction of sp³-hybridized carbons (Fsp3) is 0.500. The van der Waals surface area contributed by atoms with Gasteiger partial charge in [-0.2, -0.15) is 0 Å². The molecular formula is C12H17NO4. The molecule has 5 heteroatoms. The van der Waals surface area contributed by atoms with Crippen LogP contribution in [0, 0.1) is 0 Å². The summed E-state index contributed by atoms with van der Waals surface area (Å²) in [6.07, 6.45) is 2.23. The Morgan fingerprint density at radius 2 is 2.06 bits per heavy atom. The number of hydrogen-bond acceptors (Lipinski definition) is 4. The molecule has 0 radical (unpaired) electrons. The van der Waals surface area contributed by atoms with Crippen LogP contribution in [0.5, 0.6) is 0 Å². The van der Waals surface area contributed by atoms with Gasteiger partial charge in [0, 0.05) is 12.6 Å². The molecule has 94 valence electrons.